The van der Waals surface area contributed by atoms with Crippen molar-refractivity contribution in [3.05, 3.63) is 17.5 Å². The maximum atomic E-state index is 5.27. The van der Waals surface area contributed by atoms with Gasteiger partial charge in [0, 0.05) is 25.5 Å². The van der Waals surface area contributed by atoms with Gasteiger partial charge in [0.1, 0.15) is 0 Å². The second kappa shape index (κ2) is 8.25. The van der Waals surface area contributed by atoms with Gasteiger partial charge < -0.3 is 10.1 Å². The number of nitrogens with one attached hydrogen (secondary N) is 1. The molecule has 0 aliphatic heterocycles. The molecule has 98 valence electrons. The lowest BCUT2D eigenvalue weighted by molar-refractivity contribution is 0.145. The van der Waals surface area contributed by atoms with Crippen molar-refractivity contribution in [3.63, 3.8) is 0 Å². The van der Waals surface area contributed by atoms with Crippen LogP contribution in [0.15, 0.2) is 6.07 Å². The maximum absolute atomic E-state index is 5.27. The number of ether oxygens (including phenoxy) is 1. The zero-order valence-corrected chi connectivity index (χ0v) is 11.3. The molecular formula is C13H25N3O. The fourth-order valence-electron chi connectivity index (χ4n) is 1.82. The van der Waals surface area contributed by atoms with Gasteiger partial charge in [-0.05, 0) is 52.8 Å². The number of aromatic nitrogens is 2. The number of aryl methyl sites for hydroxylation is 3. The summed E-state index contributed by atoms with van der Waals surface area (Å²) < 4.78 is 7.35. The minimum absolute atomic E-state index is 0.817. The van der Waals surface area contributed by atoms with Crippen molar-refractivity contribution in [1.29, 1.82) is 0 Å². The molecule has 1 rings (SSSR count). The maximum Gasteiger partial charge on any atom is 0.0596 e. The first kappa shape index (κ1) is 14.2. The van der Waals surface area contributed by atoms with E-state index < -0.39 is 0 Å². The van der Waals surface area contributed by atoms with E-state index in [0.717, 1.165) is 51.4 Å². The summed E-state index contributed by atoms with van der Waals surface area (Å²) in [5.74, 6) is 0. The van der Waals surface area contributed by atoms with E-state index in [2.05, 4.69) is 28.1 Å². The SMILES string of the molecule is CCOCCCNCCCn1nc(C)cc1C. The number of nitrogens with zero attached hydrogens (tertiary/aromatic N) is 2. The lowest BCUT2D eigenvalue weighted by Gasteiger charge is -2.06. The summed E-state index contributed by atoms with van der Waals surface area (Å²) in [7, 11) is 0. The minimum Gasteiger partial charge on any atom is -0.382 e. The van der Waals surface area contributed by atoms with E-state index >= 15 is 0 Å². The Kier molecular flexibility index (Phi) is 6.89. The largest absolute Gasteiger partial charge is 0.382 e. The molecule has 1 N–H and O–H groups in total. The van der Waals surface area contributed by atoms with E-state index in [0.29, 0.717) is 0 Å². The molecule has 1 aromatic heterocycles. The Morgan fingerprint density at radius 3 is 2.71 bits per heavy atom. The molecule has 0 spiro atoms. The first-order chi connectivity index (χ1) is 8.24. The predicted molar refractivity (Wildman–Crippen MR) is 70.3 cm³/mol. The van der Waals surface area contributed by atoms with Crippen molar-refractivity contribution in [3.8, 4) is 0 Å². The molecular weight excluding hydrogens is 214 g/mol. The topological polar surface area (TPSA) is 39.1 Å². The molecule has 0 aromatic carbocycles. The van der Waals surface area contributed by atoms with E-state index in [1.807, 2.05) is 13.8 Å². The third-order valence-electron chi connectivity index (χ3n) is 2.67. The lowest BCUT2D eigenvalue weighted by atomic mass is 10.3. The van der Waals surface area contributed by atoms with Crippen LogP contribution in [0.4, 0.5) is 0 Å². The van der Waals surface area contributed by atoms with E-state index in [9.17, 15) is 0 Å². The molecule has 0 saturated carbocycles. The monoisotopic (exact) mass is 239 g/mol. The van der Waals surface area contributed by atoms with Gasteiger partial charge in [-0.2, -0.15) is 5.10 Å². The van der Waals surface area contributed by atoms with Crippen LogP contribution in [0.1, 0.15) is 31.2 Å². The number of hydrogen-bond acceptors (Lipinski definition) is 3. The van der Waals surface area contributed by atoms with Gasteiger partial charge in [0.2, 0.25) is 0 Å². The van der Waals surface area contributed by atoms with E-state index in [1.165, 1.54) is 5.69 Å². The smallest absolute Gasteiger partial charge is 0.0596 e. The molecule has 0 saturated heterocycles. The van der Waals surface area contributed by atoms with Gasteiger partial charge >= 0.3 is 0 Å². The van der Waals surface area contributed by atoms with Crippen LogP contribution in [0.3, 0.4) is 0 Å². The van der Waals surface area contributed by atoms with Gasteiger partial charge in [-0.3, -0.25) is 4.68 Å². The van der Waals surface area contributed by atoms with Gasteiger partial charge in [-0.15, -0.1) is 0 Å². The summed E-state index contributed by atoms with van der Waals surface area (Å²) in [5, 5.41) is 7.86. The van der Waals surface area contributed by atoms with Gasteiger partial charge in [-0.1, -0.05) is 0 Å². The van der Waals surface area contributed by atoms with Gasteiger partial charge in [0.05, 0.1) is 5.69 Å². The predicted octanol–water partition coefficient (Wildman–Crippen LogP) is 1.91. The Labute approximate surface area is 104 Å². The summed E-state index contributed by atoms with van der Waals surface area (Å²) in [6.07, 6.45) is 2.21. The zero-order valence-electron chi connectivity index (χ0n) is 11.3. The van der Waals surface area contributed by atoms with E-state index in [-0.39, 0.29) is 0 Å². The molecule has 1 heterocycles. The first-order valence-corrected chi connectivity index (χ1v) is 6.53. The Morgan fingerprint density at radius 1 is 1.29 bits per heavy atom. The van der Waals surface area contributed by atoms with Gasteiger partial charge in [0.15, 0.2) is 0 Å². The Bertz CT molecular complexity index is 310. The van der Waals surface area contributed by atoms with Gasteiger partial charge in [-0.25, -0.2) is 0 Å². The molecule has 4 heteroatoms. The van der Waals surface area contributed by atoms with Crippen LogP contribution < -0.4 is 5.32 Å². The average Bonchev–Trinajstić information content (AvgIpc) is 2.61. The third kappa shape index (κ3) is 5.84. The third-order valence-corrected chi connectivity index (χ3v) is 2.67. The van der Waals surface area contributed by atoms with Crippen molar-refractivity contribution >= 4 is 0 Å². The zero-order chi connectivity index (χ0) is 12.5. The first-order valence-electron chi connectivity index (χ1n) is 6.53. The molecule has 0 unspecified atom stereocenters. The standard InChI is InChI=1S/C13H25N3O/c1-4-17-10-6-8-14-7-5-9-16-13(3)11-12(2)15-16/h11,14H,4-10H2,1-3H3. The van der Waals surface area contributed by atoms with Crippen LogP contribution in [-0.2, 0) is 11.3 Å². The van der Waals surface area contributed by atoms with Crippen molar-refractivity contribution in [2.45, 2.75) is 40.2 Å². The minimum atomic E-state index is 0.817. The molecule has 0 aliphatic rings. The average molecular weight is 239 g/mol. The van der Waals surface area contributed by atoms with E-state index in [1.54, 1.807) is 0 Å². The van der Waals surface area contributed by atoms with Crippen molar-refractivity contribution in [2.24, 2.45) is 0 Å². The van der Waals surface area contributed by atoms with Crippen LogP contribution in [0, 0.1) is 13.8 Å². The summed E-state index contributed by atoms with van der Waals surface area (Å²) >= 11 is 0. The number of hydrogen-bond donors (Lipinski definition) is 1. The molecule has 4 nitrogen and oxygen atoms in total. The quantitative estimate of drug-likeness (QED) is 0.669. The Hall–Kier alpha value is -0.870. The summed E-state index contributed by atoms with van der Waals surface area (Å²) in [6, 6.07) is 2.12. The highest BCUT2D eigenvalue weighted by atomic mass is 16.5. The van der Waals surface area contributed by atoms with Crippen LogP contribution in [-0.4, -0.2) is 36.1 Å². The van der Waals surface area contributed by atoms with Crippen molar-refractivity contribution < 1.29 is 4.74 Å². The highest BCUT2D eigenvalue weighted by Gasteiger charge is 1.99. The summed E-state index contributed by atoms with van der Waals surface area (Å²) in [5.41, 5.74) is 2.35. The highest BCUT2D eigenvalue weighted by Crippen LogP contribution is 2.02. The molecule has 0 amide bonds. The second-order valence-corrected chi connectivity index (χ2v) is 4.30. The molecule has 0 aliphatic carbocycles. The molecule has 17 heavy (non-hydrogen) atoms. The number of rotatable bonds is 9. The normalized spacial score (nSPS) is 11.0. The summed E-state index contributed by atoms with van der Waals surface area (Å²) in [4.78, 5) is 0. The fourth-order valence-corrected chi connectivity index (χ4v) is 1.82. The van der Waals surface area contributed by atoms with Crippen LogP contribution in [0.5, 0.6) is 0 Å². The molecule has 1 aromatic rings. The van der Waals surface area contributed by atoms with Crippen molar-refractivity contribution in [2.75, 3.05) is 26.3 Å². The Morgan fingerprint density at radius 2 is 2.06 bits per heavy atom. The summed E-state index contributed by atoms with van der Waals surface area (Å²) in [6.45, 7) is 10.9. The van der Waals surface area contributed by atoms with E-state index in [4.69, 9.17) is 4.74 Å². The lowest BCUT2D eigenvalue weighted by Crippen LogP contribution is -2.20. The van der Waals surface area contributed by atoms with Crippen molar-refractivity contribution in [1.82, 2.24) is 15.1 Å². The van der Waals surface area contributed by atoms with Crippen LogP contribution >= 0.6 is 0 Å². The highest BCUT2D eigenvalue weighted by molar-refractivity contribution is 5.06. The molecule has 0 radical (unpaired) electrons. The fraction of sp³-hybridized carbons (Fsp3) is 0.769. The molecule has 0 fully saturated rings. The van der Waals surface area contributed by atoms with Gasteiger partial charge in [0.25, 0.3) is 0 Å². The Balaban J connectivity index is 1.99. The second-order valence-electron chi connectivity index (χ2n) is 4.30. The van der Waals surface area contributed by atoms with Crippen LogP contribution in [0.2, 0.25) is 0 Å². The van der Waals surface area contributed by atoms with Crippen LogP contribution in [0.25, 0.3) is 0 Å². The molecule has 0 atom stereocenters. The molecule has 0 bridgehead atoms.